The molecular formula is C20H26N4O2. The first-order valence-electron chi connectivity index (χ1n) is 8.66. The van der Waals surface area contributed by atoms with Crippen molar-refractivity contribution < 1.29 is 9.47 Å². The van der Waals surface area contributed by atoms with Crippen molar-refractivity contribution in [2.75, 3.05) is 34.0 Å². The molecule has 6 nitrogen and oxygen atoms in total. The Balaban J connectivity index is 2.28. The van der Waals surface area contributed by atoms with E-state index in [1.807, 2.05) is 48.9 Å². The highest BCUT2D eigenvalue weighted by atomic mass is 16.5. The molecular weight excluding hydrogens is 328 g/mol. The molecule has 0 saturated carbocycles. The van der Waals surface area contributed by atoms with Gasteiger partial charge < -0.3 is 20.1 Å². The summed E-state index contributed by atoms with van der Waals surface area (Å²) in [6.07, 6.45) is 0.781. The van der Waals surface area contributed by atoms with E-state index in [2.05, 4.69) is 11.8 Å². The zero-order chi connectivity index (χ0) is 18.8. The molecule has 0 aliphatic heterocycles. The van der Waals surface area contributed by atoms with Crippen LogP contribution in [-0.2, 0) is 13.0 Å². The summed E-state index contributed by atoms with van der Waals surface area (Å²) < 4.78 is 13.3. The Bertz CT molecular complexity index is 906. The number of rotatable bonds is 6. The van der Waals surface area contributed by atoms with E-state index in [1.54, 1.807) is 14.2 Å². The lowest BCUT2D eigenvalue weighted by Gasteiger charge is -2.18. The number of aryl methyl sites for hydroxylation is 1. The van der Waals surface area contributed by atoms with Gasteiger partial charge in [-0.2, -0.15) is 5.10 Å². The van der Waals surface area contributed by atoms with Gasteiger partial charge >= 0.3 is 0 Å². The second kappa shape index (κ2) is 7.25. The van der Waals surface area contributed by atoms with Crippen molar-refractivity contribution in [1.29, 1.82) is 0 Å². The van der Waals surface area contributed by atoms with Crippen molar-refractivity contribution >= 4 is 11.2 Å². The number of anilines is 1. The molecule has 0 saturated heterocycles. The Morgan fingerprint density at radius 2 is 1.77 bits per heavy atom. The Kier molecular flexibility index (Phi) is 5.04. The van der Waals surface area contributed by atoms with Crippen LogP contribution in [0.4, 0.5) is 5.69 Å². The fourth-order valence-corrected chi connectivity index (χ4v) is 3.26. The highest BCUT2D eigenvalue weighted by Crippen LogP contribution is 2.40. The lowest BCUT2D eigenvalue weighted by molar-refractivity contribution is 0.383. The fourth-order valence-electron chi connectivity index (χ4n) is 3.26. The maximum atomic E-state index is 6.27. The molecule has 0 aliphatic carbocycles. The predicted octanol–water partition coefficient (Wildman–Crippen LogP) is 3.22. The third-order valence-electron chi connectivity index (χ3n) is 4.43. The summed E-state index contributed by atoms with van der Waals surface area (Å²) in [5.41, 5.74) is 11.6. The molecule has 2 N–H and O–H groups in total. The number of nitrogen functional groups attached to an aromatic ring is 1. The normalized spacial score (nSPS) is 11.3. The van der Waals surface area contributed by atoms with Crippen LogP contribution in [-0.4, -0.2) is 42.8 Å². The molecule has 2 aromatic heterocycles. The van der Waals surface area contributed by atoms with Crippen LogP contribution in [0.2, 0.25) is 0 Å². The first-order valence-corrected chi connectivity index (χ1v) is 8.66. The molecule has 0 aliphatic rings. The third kappa shape index (κ3) is 3.08. The van der Waals surface area contributed by atoms with E-state index in [-0.39, 0.29) is 0 Å². The van der Waals surface area contributed by atoms with E-state index in [9.17, 15) is 0 Å². The summed E-state index contributed by atoms with van der Waals surface area (Å²) in [4.78, 5) is 2.11. The van der Waals surface area contributed by atoms with Crippen LogP contribution in [0, 0.1) is 0 Å². The molecule has 0 amide bonds. The maximum absolute atomic E-state index is 6.27. The van der Waals surface area contributed by atoms with Gasteiger partial charge in [0, 0.05) is 6.54 Å². The van der Waals surface area contributed by atoms with Gasteiger partial charge in [0.2, 0.25) is 0 Å². The Hall–Kier alpha value is -2.73. The largest absolute Gasteiger partial charge is 0.496 e. The molecule has 0 fully saturated rings. The third-order valence-corrected chi connectivity index (χ3v) is 4.43. The minimum Gasteiger partial charge on any atom is -0.496 e. The van der Waals surface area contributed by atoms with E-state index < -0.39 is 0 Å². The summed E-state index contributed by atoms with van der Waals surface area (Å²) in [5.74, 6) is 1.50. The smallest absolute Gasteiger partial charge is 0.132 e. The van der Waals surface area contributed by atoms with Crippen molar-refractivity contribution in [1.82, 2.24) is 14.5 Å². The topological polar surface area (TPSA) is 65.0 Å². The number of hydrogen-bond acceptors (Lipinski definition) is 5. The molecule has 0 spiro atoms. The van der Waals surface area contributed by atoms with Gasteiger partial charge in [-0.25, -0.2) is 4.52 Å². The number of hydrogen-bond donors (Lipinski definition) is 1. The Labute approximate surface area is 154 Å². The summed E-state index contributed by atoms with van der Waals surface area (Å²) >= 11 is 0. The van der Waals surface area contributed by atoms with Crippen LogP contribution in [0.15, 0.2) is 30.3 Å². The summed E-state index contributed by atoms with van der Waals surface area (Å²) in [7, 11) is 7.42. The predicted molar refractivity (Wildman–Crippen MR) is 105 cm³/mol. The number of fused-ring (bicyclic) bond motifs is 1. The van der Waals surface area contributed by atoms with Gasteiger partial charge in [-0.1, -0.05) is 13.0 Å². The number of nitrogens with two attached hydrogens (primary N) is 1. The number of methoxy groups -OCH3 is 2. The van der Waals surface area contributed by atoms with Gasteiger partial charge in [0.1, 0.15) is 11.5 Å². The van der Waals surface area contributed by atoms with Gasteiger partial charge in [0.25, 0.3) is 0 Å². The van der Waals surface area contributed by atoms with Gasteiger partial charge in [-0.05, 0) is 50.3 Å². The van der Waals surface area contributed by atoms with Crippen LogP contribution in [0.5, 0.6) is 11.5 Å². The molecule has 6 heteroatoms. The quantitative estimate of drug-likeness (QED) is 0.736. The Morgan fingerprint density at radius 3 is 2.31 bits per heavy atom. The molecule has 0 bridgehead atoms. The first kappa shape index (κ1) is 18.1. The Morgan fingerprint density at radius 1 is 1.12 bits per heavy atom. The number of benzene rings is 1. The van der Waals surface area contributed by atoms with Crippen LogP contribution < -0.4 is 15.2 Å². The number of nitrogens with zero attached hydrogens (tertiary/aromatic N) is 3. The van der Waals surface area contributed by atoms with Gasteiger partial charge in [0.05, 0.1) is 42.4 Å². The van der Waals surface area contributed by atoms with Crippen molar-refractivity contribution in [2.45, 2.75) is 19.9 Å². The fraction of sp³-hybridized carbons (Fsp3) is 0.350. The molecule has 26 heavy (non-hydrogen) atoms. The van der Waals surface area contributed by atoms with Crippen molar-refractivity contribution in [2.24, 2.45) is 0 Å². The first-order chi connectivity index (χ1) is 12.5. The number of pyridine rings is 1. The zero-order valence-corrected chi connectivity index (χ0v) is 16.0. The molecule has 0 radical (unpaired) electrons. The summed E-state index contributed by atoms with van der Waals surface area (Å²) in [5, 5.41) is 4.70. The van der Waals surface area contributed by atoms with E-state index in [0.717, 1.165) is 58.2 Å². The van der Waals surface area contributed by atoms with Crippen molar-refractivity contribution in [3.63, 3.8) is 0 Å². The van der Waals surface area contributed by atoms with Gasteiger partial charge in [-0.15, -0.1) is 0 Å². The summed E-state index contributed by atoms with van der Waals surface area (Å²) in [6.45, 7) is 2.85. The highest BCUT2D eigenvalue weighted by Gasteiger charge is 2.19. The lowest BCUT2D eigenvalue weighted by Crippen LogP contribution is -2.11. The van der Waals surface area contributed by atoms with Crippen LogP contribution >= 0.6 is 0 Å². The molecule has 138 valence electrons. The standard InChI is InChI=1S/C20H26N4O2/c1-6-14-20(21)16-9-7-8-15(24(16)22-14)19-17(25-4)10-13(12-23(2)3)11-18(19)26-5/h7-11H,6,12,21H2,1-5H3. The molecule has 3 aromatic rings. The number of aromatic nitrogens is 2. The van der Waals surface area contributed by atoms with Gasteiger partial charge in [-0.3, -0.25) is 0 Å². The van der Waals surface area contributed by atoms with E-state index in [1.165, 1.54) is 0 Å². The van der Waals surface area contributed by atoms with E-state index >= 15 is 0 Å². The minimum absolute atomic E-state index is 0.719. The molecule has 1 aromatic carbocycles. The second-order valence-corrected chi connectivity index (χ2v) is 6.54. The second-order valence-electron chi connectivity index (χ2n) is 6.54. The SMILES string of the molecule is CCc1nn2c(-c3c(OC)cc(CN(C)C)cc3OC)cccc2c1N. The molecule has 3 rings (SSSR count). The van der Waals surface area contributed by atoms with Crippen LogP contribution in [0.1, 0.15) is 18.2 Å². The van der Waals surface area contributed by atoms with Crippen LogP contribution in [0.3, 0.4) is 0 Å². The maximum Gasteiger partial charge on any atom is 0.132 e. The van der Waals surface area contributed by atoms with Crippen molar-refractivity contribution in [3.05, 3.63) is 41.6 Å². The van der Waals surface area contributed by atoms with E-state index in [4.69, 9.17) is 20.3 Å². The number of ether oxygens (including phenoxy) is 2. The van der Waals surface area contributed by atoms with Gasteiger partial charge in [0.15, 0.2) is 0 Å². The minimum atomic E-state index is 0.719. The average molecular weight is 354 g/mol. The van der Waals surface area contributed by atoms with Crippen molar-refractivity contribution in [3.8, 4) is 22.8 Å². The monoisotopic (exact) mass is 354 g/mol. The molecule has 2 heterocycles. The lowest BCUT2D eigenvalue weighted by atomic mass is 10.0. The zero-order valence-electron chi connectivity index (χ0n) is 16.0. The molecule has 0 atom stereocenters. The molecule has 0 unspecified atom stereocenters. The highest BCUT2D eigenvalue weighted by molar-refractivity contribution is 5.81. The van der Waals surface area contributed by atoms with E-state index in [0.29, 0.717) is 0 Å². The summed E-state index contributed by atoms with van der Waals surface area (Å²) in [6, 6.07) is 10.1. The van der Waals surface area contributed by atoms with Crippen LogP contribution in [0.25, 0.3) is 16.8 Å². The average Bonchev–Trinajstić information content (AvgIpc) is 2.96.